The second-order valence-electron chi connectivity index (χ2n) is 9.10. The fraction of sp³-hybridized carbons (Fsp3) is 0.381. The van der Waals surface area contributed by atoms with Crippen LogP contribution in [0.3, 0.4) is 0 Å². The van der Waals surface area contributed by atoms with Crippen LogP contribution in [0.1, 0.15) is 40.2 Å². The number of sulfonamides is 2. The maximum absolute atomic E-state index is 12.9. The van der Waals surface area contributed by atoms with Gasteiger partial charge in [-0.25, -0.2) is 21.1 Å². The summed E-state index contributed by atoms with van der Waals surface area (Å²) >= 11 is 0. The van der Waals surface area contributed by atoms with E-state index in [4.69, 9.17) is 0 Å². The van der Waals surface area contributed by atoms with Gasteiger partial charge < -0.3 is 0 Å². The van der Waals surface area contributed by atoms with Gasteiger partial charge >= 0.3 is 0 Å². The molecule has 9 heteroatoms. The normalized spacial score (nSPS) is 18.4. The van der Waals surface area contributed by atoms with Crippen LogP contribution in [0.5, 0.6) is 0 Å². The highest BCUT2D eigenvalue weighted by atomic mass is 32.2. The van der Waals surface area contributed by atoms with Gasteiger partial charge in [-0.05, 0) is 55.2 Å². The van der Waals surface area contributed by atoms with Crippen molar-refractivity contribution in [3.8, 4) is 0 Å². The van der Waals surface area contributed by atoms with Crippen molar-refractivity contribution >= 4 is 37.3 Å². The number of anilines is 2. The third-order valence-corrected chi connectivity index (χ3v) is 8.35. The van der Waals surface area contributed by atoms with Crippen molar-refractivity contribution in [2.75, 3.05) is 14.8 Å². The summed E-state index contributed by atoms with van der Waals surface area (Å²) < 4.78 is 54.0. The van der Waals surface area contributed by atoms with Crippen LogP contribution in [0.4, 0.5) is 11.4 Å². The van der Waals surface area contributed by atoms with Crippen LogP contribution in [0.15, 0.2) is 53.4 Å². The van der Waals surface area contributed by atoms with E-state index < -0.39 is 31.4 Å². The molecular weight excluding hydrogens is 424 g/mol. The molecule has 7 nitrogen and oxygen atoms in total. The molecule has 1 aliphatic heterocycles. The van der Waals surface area contributed by atoms with Crippen LogP contribution in [0, 0.1) is 5.41 Å². The van der Waals surface area contributed by atoms with Gasteiger partial charge in [0.2, 0.25) is 15.9 Å². The minimum absolute atomic E-state index is 0.0294. The van der Waals surface area contributed by atoms with E-state index in [-0.39, 0.29) is 21.8 Å². The Kier molecular flexibility index (Phi) is 5.27. The number of para-hydroxylation sites is 1. The van der Waals surface area contributed by atoms with Crippen molar-refractivity contribution in [2.45, 2.75) is 44.9 Å². The highest BCUT2D eigenvalue weighted by Crippen LogP contribution is 2.36. The van der Waals surface area contributed by atoms with E-state index in [1.54, 1.807) is 26.0 Å². The monoisotopic (exact) mass is 450 g/mol. The van der Waals surface area contributed by atoms with Crippen molar-refractivity contribution < 1.29 is 21.6 Å². The first-order valence-electron chi connectivity index (χ1n) is 9.45. The van der Waals surface area contributed by atoms with E-state index in [0.29, 0.717) is 5.69 Å². The van der Waals surface area contributed by atoms with Gasteiger partial charge in [-0.3, -0.25) is 9.52 Å². The number of carbonyl (C=O) groups is 1. The molecule has 0 bridgehead atoms. The molecule has 0 spiro atoms. The van der Waals surface area contributed by atoms with Gasteiger partial charge in [0.05, 0.1) is 27.4 Å². The predicted octanol–water partition coefficient (Wildman–Crippen LogP) is 3.49. The molecule has 3 rings (SSSR count). The molecule has 2 aromatic rings. The van der Waals surface area contributed by atoms with Gasteiger partial charge in [0, 0.05) is 0 Å². The predicted molar refractivity (Wildman–Crippen MR) is 117 cm³/mol. The Hall–Kier alpha value is -2.39. The number of nitrogens with one attached hydrogen (secondary N) is 1. The lowest BCUT2D eigenvalue weighted by atomic mass is 9.86. The van der Waals surface area contributed by atoms with Crippen LogP contribution in [0.25, 0.3) is 0 Å². The highest BCUT2D eigenvalue weighted by molar-refractivity contribution is 7.94. The molecular formula is C21H26N2O5S2. The molecule has 1 amide bonds. The fourth-order valence-electron chi connectivity index (χ4n) is 3.45. The maximum Gasteiger partial charge on any atom is 0.261 e. The molecule has 0 aliphatic carbocycles. The first-order chi connectivity index (χ1) is 13.7. The number of benzene rings is 2. The first kappa shape index (κ1) is 22.3. The van der Waals surface area contributed by atoms with Crippen molar-refractivity contribution in [2.24, 2.45) is 5.41 Å². The number of carbonyl (C=O) groups excluding carboxylic acids is 1. The quantitative estimate of drug-likeness (QED) is 0.768. The van der Waals surface area contributed by atoms with E-state index in [0.717, 1.165) is 9.87 Å². The van der Waals surface area contributed by atoms with Crippen LogP contribution >= 0.6 is 0 Å². The lowest BCUT2D eigenvalue weighted by Crippen LogP contribution is -2.32. The van der Waals surface area contributed by atoms with Gasteiger partial charge in [-0.2, -0.15) is 0 Å². The number of hydrogen-bond donors (Lipinski definition) is 1. The maximum atomic E-state index is 12.9. The molecule has 2 aromatic carbocycles. The van der Waals surface area contributed by atoms with Gasteiger partial charge in [0.15, 0.2) is 0 Å². The molecule has 1 aliphatic rings. The zero-order valence-electron chi connectivity index (χ0n) is 17.6. The van der Waals surface area contributed by atoms with E-state index in [1.807, 2.05) is 32.9 Å². The van der Waals surface area contributed by atoms with Crippen LogP contribution in [-0.2, 0) is 30.3 Å². The number of hydrogen-bond acceptors (Lipinski definition) is 5. The SMILES string of the molecule is CC1(C)CS(=O)(=O)N(c2ccc(S(=O)(=O)Nc3ccccc3C(C)(C)C)cc2)C1=O. The summed E-state index contributed by atoms with van der Waals surface area (Å²) in [5.74, 6) is -0.820. The zero-order chi connectivity index (χ0) is 22.5. The Balaban J connectivity index is 1.93. The third kappa shape index (κ3) is 4.09. The van der Waals surface area contributed by atoms with E-state index in [1.165, 1.54) is 24.3 Å². The molecule has 0 radical (unpaired) electrons. The van der Waals surface area contributed by atoms with Gasteiger partial charge in [-0.15, -0.1) is 0 Å². The summed E-state index contributed by atoms with van der Waals surface area (Å²) in [5.41, 5.74) is 0.163. The minimum Gasteiger partial charge on any atom is -0.279 e. The average Bonchev–Trinajstić information content (AvgIpc) is 2.77. The molecule has 0 saturated carbocycles. The average molecular weight is 451 g/mol. The molecule has 1 fully saturated rings. The second-order valence-corrected chi connectivity index (χ2v) is 12.6. The fourth-order valence-corrected chi connectivity index (χ4v) is 6.64. The van der Waals surface area contributed by atoms with Crippen molar-refractivity contribution in [1.29, 1.82) is 0 Å². The van der Waals surface area contributed by atoms with Gasteiger partial charge in [-0.1, -0.05) is 39.0 Å². The van der Waals surface area contributed by atoms with E-state index in [2.05, 4.69) is 4.72 Å². The number of nitrogens with zero attached hydrogens (tertiary/aromatic N) is 1. The smallest absolute Gasteiger partial charge is 0.261 e. The van der Waals surface area contributed by atoms with Crippen molar-refractivity contribution in [1.82, 2.24) is 0 Å². The molecule has 30 heavy (non-hydrogen) atoms. The van der Waals surface area contributed by atoms with Crippen molar-refractivity contribution in [3.63, 3.8) is 0 Å². The summed E-state index contributed by atoms with van der Waals surface area (Å²) in [5, 5.41) is 0. The Bertz CT molecular complexity index is 1190. The molecule has 1 saturated heterocycles. The highest BCUT2D eigenvalue weighted by Gasteiger charge is 2.49. The van der Waals surface area contributed by atoms with Gasteiger partial charge in [0.25, 0.3) is 10.0 Å². The summed E-state index contributed by atoms with van der Waals surface area (Å²) in [6.45, 7) is 9.11. The lowest BCUT2D eigenvalue weighted by molar-refractivity contribution is -0.123. The van der Waals surface area contributed by atoms with Crippen LogP contribution in [-0.4, -0.2) is 28.5 Å². The van der Waals surface area contributed by atoms with Gasteiger partial charge in [0.1, 0.15) is 0 Å². The topological polar surface area (TPSA) is 101 Å². The van der Waals surface area contributed by atoms with Crippen LogP contribution in [0.2, 0.25) is 0 Å². The van der Waals surface area contributed by atoms with Crippen molar-refractivity contribution in [3.05, 3.63) is 54.1 Å². The minimum atomic E-state index is -3.90. The van der Waals surface area contributed by atoms with E-state index >= 15 is 0 Å². The number of amides is 1. The number of rotatable bonds is 4. The third-order valence-electron chi connectivity index (χ3n) is 4.95. The summed E-state index contributed by atoms with van der Waals surface area (Å²) in [6.07, 6.45) is 0. The molecule has 0 atom stereocenters. The molecule has 0 unspecified atom stereocenters. The van der Waals surface area contributed by atoms with Crippen LogP contribution < -0.4 is 9.03 Å². The standard InChI is InChI=1S/C21H26N2O5S2/c1-20(2,3)17-8-6-7-9-18(17)22-30(27,28)16-12-10-15(11-13-16)23-19(24)21(4,5)14-29(23,25)26/h6-13,22H,14H2,1-5H3. The Morgan fingerprint density at radius 3 is 2.07 bits per heavy atom. The first-order valence-corrected chi connectivity index (χ1v) is 12.5. The second kappa shape index (κ2) is 7.09. The molecule has 0 aromatic heterocycles. The lowest BCUT2D eigenvalue weighted by Gasteiger charge is -2.23. The molecule has 1 N–H and O–H groups in total. The van der Waals surface area contributed by atoms with E-state index in [9.17, 15) is 21.6 Å². The Morgan fingerprint density at radius 2 is 1.57 bits per heavy atom. The summed E-state index contributed by atoms with van der Waals surface area (Å²) in [4.78, 5) is 12.5. The Morgan fingerprint density at radius 1 is 1.00 bits per heavy atom. The largest absolute Gasteiger partial charge is 0.279 e. The molecule has 162 valence electrons. The molecule has 1 heterocycles. The summed E-state index contributed by atoms with van der Waals surface area (Å²) in [7, 11) is -7.70. The zero-order valence-corrected chi connectivity index (χ0v) is 19.3. The summed E-state index contributed by atoms with van der Waals surface area (Å²) in [6, 6.07) is 12.4. The Labute approximate surface area is 178 Å².